The van der Waals surface area contributed by atoms with Crippen molar-refractivity contribution in [2.24, 2.45) is 0 Å². The molecule has 0 aliphatic rings. The molecule has 0 N–H and O–H groups in total. The van der Waals surface area contributed by atoms with Gasteiger partial charge in [-0.05, 0) is 68.1 Å². The molecule has 0 fully saturated rings. The Morgan fingerprint density at radius 3 is 2.32 bits per heavy atom. The maximum Gasteiger partial charge on any atom is 0.227 e. The van der Waals surface area contributed by atoms with Gasteiger partial charge in [0.25, 0.3) is 0 Å². The summed E-state index contributed by atoms with van der Waals surface area (Å²) >= 11 is 0. The van der Waals surface area contributed by atoms with E-state index in [0.29, 0.717) is 5.89 Å². The second-order valence-electron chi connectivity index (χ2n) is 5.17. The van der Waals surface area contributed by atoms with Crippen LogP contribution < -0.4 is 0 Å². The molecule has 3 rings (SSSR count). The van der Waals surface area contributed by atoms with Crippen molar-refractivity contribution in [2.45, 2.75) is 27.7 Å². The number of aryl methyl sites for hydroxylation is 4. The molecule has 0 bridgehead atoms. The van der Waals surface area contributed by atoms with E-state index in [9.17, 15) is 0 Å². The molecule has 0 aliphatic carbocycles. The van der Waals surface area contributed by atoms with E-state index >= 15 is 0 Å². The molecule has 2 heteroatoms. The summed E-state index contributed by atoms with van der Waals surface area (Å²) in [4.78, 5) is 4.59. The number of fused-ring (bicyclic) bond motifs is 1. The van der Waals surface area contributed by atoms with Crippen LogP contribution in [0.1, 0.15) is 22.3 Å². The van der Waals surface area contributed by atoms with Gasteiger partial charge in [0, 0.05) is 5.56 Å². The summed E-state index contributed by atoms with van der Waals surface area (Å²) in [7, 11) is 0. The normalized spacial score (nSPS) is 11.2. The third-order valence-electron chi connectivity index (χ3n) is 3.83. The lowest BCUT2D eigenvalue weighted by Crippen LogP contribution is -1.83. The van der Waals surface area contributed by atoms with E-state index in [1.165, 1.54) is 22.3 Å². The highest BCUT2D eigenvalue weighted by molar-refractivity contribution is 5.80. The number of benzene rings is 2. The van der Waals surface area contributed by atoms with Gasteiger partial charge in [0.2, 0.25) is 5.89 Å². The van der Waals surface area contributed by atoms with Crippen molar-refractivity contribution in [2.75, 3.05) is 0 Å². The van der Waals surface area contributed by atoms with Gasteiger partial charge in [-0.1, -0.05) is 12.1 Å². The molecule has 1 heterocycles. The van der Waals surface area contributed by atoms with Crippen molar-refractivity contribution in [3.05, 3.63) is 52.6 Å². The Hall–Kier alpha value is -2.09. The van der Waals surface area contributed by atoms with Gasteiger partial charge in [0.05, 0.1) is 0 Å². The first-order valence-corrected chi connectivity index (χ1v) is 6.50. The lowest BCUT2D eigenvalue weighted by Gasteiger charge is -2.01. The average Bonchev–Trinajstić information content (AvgIpc) is 2.82. The molecule has 1 aromatic heterocycles. The smallest absolute Gasteiger partial charge is 0.227 e. The third-order valence-corrected chi connectivity index (χ3v) is 3.83. The van der Waals surface area contributed by atoms with Crippen LogP contribution in [0.2, 0.25) is 0 Å². The summed E-state index contributed by atoms with van der Waals surface area (Å²) in [6.45, 7) is 8.38. The van der Waals surface area contributed by atoms with Crippen LogP contribution in [0.3, 0.4) is 0 Å². The van der Waals surface area contributed by atoms with Crippen LogP contribution in [0, 0.1) is 27.7 Å². The second-order valence-corrected chi connectivity index (χ2v) is 5.17. The summed E-state index contributed by atoms with van der Waals surface area (Å²) in [5.74, 6) is 0.701. The number of rotatable bonds is 1. The molecule has 0 unspecified atom stereocenters. The maximum atomic E-state index is 5.95. The fourth-order valence-corrected chi connectivity index (χ4v) is 2.22. The summed E-state index contributed by atoms with van der Waals surface area (Å²) < 4.78 is 5.95. The van der Waals surface area contributed by atoms with Crippen molar-refractivity contribution >= 4 is 11.1 Å². The Kier molecular flexibility index (Phi) is 2.67. The predicted molar refractivity (Wildman–Crippen MR) is 78.4 cm³/mol. The van der Waals surface area contributed by atoms with Gasteiger partial charge in [-0.15, -0.1) is 0 Å². The molecule has 2 nitrogen and oxygen atoms in total. The zero-order valence-corrected chi connectivity index (χ0v) is 11.7. The third kappa shape index (κ3) is 1.93. The van der Waals surface area contributed by atoms with Crippen LogP contribution in [0.15, 0.2) is 34.7 Å². The summed E-state index contributed by atoms with van der Waals surface area (Å²) in [5.41, 5.74) is 7.80. The monoisotopic (exact) mass is 251 g/mol. The highest BCUT2D eigenvalue weighted by Gasteiger charge is 2.11. The molecule has 0 spiro atoms. The number of hydrogen-bond acceptors (Lipinski definition) is 2. The number of aromatic nitrogens is 1. The molecular weight excluding hydrogens is 234 g/mol. The minimum atomic E-state index is 0.701. The minimum Gasteiger partial charge on any atom is -0.436 e. The van der Waals surface area contributed by atoms with Gasteiger partial charge >= 0.3 is 0 Å². The summed E-state index contributed by atoms with van der Waals surface area (Å²) in [6.07, 6.45) is 0. The van der Waals surface area contributed by atoms with E-state index in [-0.39, 0.29) is 0 Å². The topological polar surface area (TPSA) is 26.0 Å². The Morgan fingerprint density at radius 2 is 1.58 bits per heavy atom. The van der Waals surface area contributed by atoms with Gasteiger partial charge in [0.15, 0.2) is 5.58 Å². The molecule has 0 radical (unpaired) electrons. The Bertz CT molecular complexity index is 768. The molecule has 0 aliphatic heterocycles. The highest BCUT2D eigenvalue weighted by atomic mass is 16.3. The lowest BCUT2D eigenvalue weighted by atomic mass is 10.1. The van der Waals surface area contributed by atoms with E-state index in [0.717, 1.165) is 16.7 Å². The van der Waals surface area contributed by atoms with Gasteiger partial charge in [-0.25, -0.2) is 4.98 Å². The number of oxazole rings is 1. The largest absolute Gasteiger partial charge is 0.436 e. The van der Waals surface area contributed by atoms with Crippen molar-refractivity contribution in [1.29, 1.82) is 0 Å². The Labute approximate surface area is 113 Å². The maximum absolute atomic E-state index is 5.95. The van der Waals surface area contributed by atoms with E-state index in [4.69, 9.17) is 4.42 Å². The van der Waals surface area contributed by atoms with E-state index in [1.54, 1.807) is 0 Å². The van der Waals surface area contributed by atoms with Gasteiger partial charge in [0.1, 0.15) is 5.52 Å². The van der Waals surface area contributed by atoms with Crippen LogP contribution >= 0.6 is 0 Å². The molecule has 0 saturated carbocycles. The van der Waals surface area contributed by atoms with Gasteiger partial charge < -0.3 is 4.42 Å². The Morgan fingerprint density at radius 1 is 0.842 bits per heavy atom. The van der Waals surface area contributed by atoms with Gasteiger partial charge in [-0.3, -0.25) is 0 Å². The van der Waals surface area contributed by atoms with Crippen LogP contribution in [-0.2, 0) is 0 Å². The van der Waals surface area contributed by atoms with Crippen molar-refractivity contribution in [1.82, 2.24) is 4.98 Å². The zero-order valence-electron chi connectivity index (χ0n) is 11.7. The summed E-state index contributed by atoms with van der Waals surface area (Å²) in [6, 6.07) is 10.4. The number of nitrogens with zero attached hydrogens (tertiary/aromatic N) is 1. The van der Waals surface area contributed by atoms with E-state index < -0.39 is 0 Å². The first-order chi connectivity index (χ1) is 9.06. The van der Waals surface area contributed by atoms with E-state index in [2.05, 4.69) is 56.9 Å². The van der Waals surface area contributed by atoms with Crippen LogP contribution in [0.4, 0.5) is 0 Å². The van der Waals surface area contributed by atoms with Crippen LogP contribution in [0.25, 0.3) is 22.6 Å². The van der Waals surface area contributed by atoms with Crippen molar-refractivity contribution < 1.29 is 4.42 Å². The Balaban J connectivity index is 2.20. The SMILES string of the molecule is Cc1ccc(-c2nc3ccc(C)c(C)c3o2)cc1C. The average molecular weight is 251 g/mol. The lowest BCUT2D eigenvalue weighted by molar-refractivity contribution is 0.617. The predicted octanol–water partition coefficient (Wildman–Crippen LogP) is 4.73. The molecular formula is C17H17NO. The fraction of sp³-hybridized carbons (Fsp3) is 0.235. The molecule has 96 valence electrons. The van der Waals surface area contributed by atoms with Crippen LogP contribution in [0.5, 0.6) is 0 Å². The number of hydrogen-bond donors (Lipinski definition) is 0. The first-order valence-electron chi connectivity index (χ1n) is 6.50. The second kappa shape index (κ2) is 4.23. The fourth-order valence-electron chi connectivity index (χ4n) is 2.22. The molecule has 0 amide bonds. The van der Waals surface area contributed by atoms with E-state index in [1.807, 2.05) is 6.07 Å². The molecule has 2 aromatic carbocycles. The molecule has 0 atom stereocenters. The first kappa shape index (κ1) is 12.0. The van der Waals surface area contributed by atoms with Crippen molar-refractivity contribution in [3.8, 4) is 11.5 Å². The van der Waals surface area contributed by atoms with Crippen LogP contribution in [-0.4, -0.2) is 4.98 Å². The summed E-state index contributed by atoms with van der Waals surface area (Å²) in [5, 5.41) is 0. The highest BCUT2D eigenvalue weighted by Crippen LogP contribution is 2.28. The standard InChI is InChI=1S/C17H17NO/c1-10-5-7-14(9-12(10)3)17-18-15-8-6-11(2)13(4)16(15)19-17/h5-9H,1-4H3. The van der Waals surface area contributed by atoms with Gasteiger partial charge in [-0.2, -0.15) is 0 Å². The minimum absolute atomic E-state index is 0.701. The zero-order chi connectivity index (χ0) is 13.6. The van der Waals surface area contributed by atoms with Crippen molar-refractivity contribution in [3.63, 3.8) is 0 Å². The quantitative estimate of drug-likeness (QED) is 0.625. The molecule has 0 saturated heterocycles. The molecule has 19 heavy (non-hydrogen) atoms. The molecule has 3 aromatic rings.